The molecule has 0 aliphatic rings. The summed E-state index contributed by atoms with van der Waals surface area (Å²) in [5.74, 6) is -0.757. The van der Waals surface area contributed by atoms with Crippen LogP contribution in [0, 0.1) is 42.3 Å². The second kappa shape index (κ2) is 3.68. The van der Waals surface area contributed by atoms with Gasteiger partial charge in [-0.25, -0.2) is 0 Å². The predicted octanol–water partition coefficient (Wildman–Crippen LogP) is 1.12. The molecule has 0 atom stereocenters. The van der Waals surface area contributed by atoms with Gasteiger partial charge < -0.3 is 5.11 Å². The smallest absolute Gasteiger partial charge is 0.308 e. The molecule has 1 radical (unpaired) electrons. The zero-order valence-electron chi connectivity index (χ0n) is 5.11. The average Bonchev–Trinajstić information content (AvgIpc) is 1.31. The molecule has 0 aromatic rings. The van der Waals surface area contributed by atoms with E-state index in [2.05, 4.69) is 0 Å². The van der Waals surface area contributed by atoms with Crippen LogP contribution in [0.2, 0.25) is 0 Å². The van der Waals surface area contributed by atoms with Crippen molar-refractivity contribution in [3.05, 3.63) is 0 Å². The van der Waals surface area contributed by atoms with Crippen LogP contribution < -0.4 is 0 Å². The third-order valence-electron chi connectivity index (χ3n) is 0.642. The van der Waals surface area contributed by atoms with E-state index >= 15 is 0 Å². The Hall–Kier alpha value is 0.704. The Morgan fingerprint density at radius 3 is 1.50 bits per heavy atom. The van der Waals surface area contributed by atoms with Gasteiger partial charge in [0, 0.05) is 36.9 Å². The van der Waals surface area contributed by atoms with Gasteiger partial charge in [-0.05, 0) is 20.8 Å². The number of aliphatic carboxylic acids is 1. The molecule has 0 aliphatic heterocycles. The van der Waals surface area contributed by atoms with Crippen molar-refractivity contribution in [2.45, 2.75) is 20.8 Å². The second-order valence-corrected chi connectivity index (χ2v) is 2.56. The number of hydrogen-bond donors (Lipinski definition) is 1. The average molecular weight is 277 g/mol. The Kier molecular flexibility index (Phi) is 5.28. The molecule has 1 N–H and O–H groups in total. The van der Waals surface area contributed by atoms with E-state index < -0.39 is 11.4 Å². The summed E-state index contributed by atoms with van der Waals surface area (Å²) in [4.78, 5) is 10.0. The van der Waals surface area contributed by atoms with Crippen LogP contribution >= 0.6 is 0 Å². The number of carboxylic acid groups (broad SMARTS) is 1. The molecule has 8 heavy (non-hydrogen) atoms. The molecule has 0 heterocycles. The molecule has 0 spiro atoms. The molecule has 0 fully saturated rings. The van der Waals surface area contributed by atoms with E-state index in [-0.39, 0.29) is 36.9 Å². The van der Waals surface area contributed by atoms with Gasteiger partial charge in [0.05, 0.1) is 5.41 Å². The van der Waals surface area contributed by atoms with Gasteiger partial charge in [0.1, 0.15) is 0 Å². The number of hydrogen-bond acceptors (Lipinski definition) is 1. The van der Waals surface area contributed by atoms with Gasteiger partial charge in [-0.15, -0.1) is 0 Å². The predicted molar refractivity (Wildman–Crippen MR) is 27.1 cm³/mol. The standard InChI is InChI=1S/C5H10O2.Lu/c1-5(2,3)4(6)7;/h1-3H3,(H,6,7);. The Balaban J connectivity index is 0. The SMILES string of the molecule is CC(C)(C)C(=O)O.[Lu]. The number of carbonyl (C=O) groups is 1. The third-order valence-corrected chi connectivity index (χ3v) is 0.642. The first-order valence-corrected chi connectivity index (χ1v) is 2.18. The van der Waals surface area contributed by atoms with Crippen LogP contribution in [0.1, 0.15) is 20.8 Å². The van der Waals surface area contributed by atoms with Crippen LogP contribution in [0.4, 0.5) is 0 Å². The van der Waals surface area contributed by atoms with Gasteiger partial charge in [-0.3, -0.25) is 4.79 Å². The van der Waals surface area contributed by atoms with Crippen molar-refractivity contribution < 1.29 is 46.8 Å². The summed E-state index contributed by atoms with van der Waals surface area (Å²) < 4.78 is 0. The fourth-order valence-electron chi connectivity index (χ4n) is 0. The Labute approximate surface area is 78.5 Å². The van der Waals surface area contributed by atoms with Crippen LogP contribution in [-0.2, 0) is 4.79 Å². The summed E-state index contributed by atoms with van der Waals surface area (Å²) in [6, 6.07) is 0. The van der Waals surface area contributed by atoms with Crippen molar-refractivity contribution >= 4 is 5.97 Å². The summed E-state index contributed by atoms with van der Waals surface area (Å²) in [7, 11) is 0. The first-order chi connectivity index (χ1) is 2.94. The summed E-state index contributed by atoms with van der Waals surface area (Å²) in [5, 5.41) is 8.25. The topological polar surface area (TPSA) is 37.3 Å². The molecular formula is C5H10LuO2. The molecule has 57 valence electrons. The van der Waals surface area contributed by atoms with E-state index in [9.17, 15) is 4.79 Å². The van der Waals surface area contributed by atoms with Crippen LogP contribution in [0.15, 0.2) is 0 Å². The Morgan fingerprint density at radius 1 is 1.38 bits per heavy atom. The molecule has 0 unspecified atom stereocenters. The zero-order valence-corrected chi connectivity index (χ0v) is 6.77. The van der Waals surface area contributed by atoms with Crippen LogP contribution in [0.5, 0.6) is 0 Å². The molecule has 0 saturated heterocycles. The largest absolute Gasteiger partial charge is 0.481 e. The maximum absolute atomic E-state index is 10.0. The van der Waals surface area contributed by atoms with Crippen LogP contribution in [0.3, 0.4) is 0 Å². The number of carboxylic acids is 1. The molecule has 0 aromatic carbocycles. The second-order valence-electron chi connectivity index (χ2n) is 2.56. The van der Waals surface area contributed by atoms with Crippen molar-refractivity contribution in [3.63, 3.8) is 0 Å². The Bertz CT molecular complexity index is 82.9. The maximum atomic E-state index is 10.0. The molecule has 0 amide bonds. The fourth-order valence-corrected chi connectivity index (χ4v) is 0. The van der Waals surface area contributed by atoms with Gasteiger partial charge in [0.2, 0.25) is 0 Å². The van der Waals surface area contributed by atoms with Gasteiger partial charge in [-0.2, -0.15) is 0 Å². The van der Waals surface area contributed by atoms with E-state index in [0.29, 0.717) is 0 Å². The Morgan fingerprint density at radius 2 is 1.50 bits per heavy atom. The van der Waals surface area contributed by atoms with Crippen molar-refractivity contribution in [3.8, 4) is 0 Å². The van der Waals surface area contributed by atoms with Gasteiger partial charge in [0.15, 0.2) is 0 Å². The van der Waals surface area contributed by atoms with Crippen molar-refractivity contribution in [2.24, 2.45) is 5.41 Å². The molecule has 0 bridgehead atoms. The van der Waals surface area contributed by atoms with Crippen molar-refractivity contribution in [2.75, 3.05) is 0 Å². The quantitative estimate of drug-likeness (QED) is 0.720. The molecule has 0 aliphatic carbocycles. The van der Waals surface area contributed by atoms with E-state index in [1.54, 1.807) is 20.8 Å². The summed E-state index contributed by atoms with van der Waals surface area (Å²) in [6.07, 6.45) is 0. The fraction of sp³-hybridized carbons (Fsp3) is 0.800. The van der Waals surface area contributed by atoms with Gasteiger partial charge in [0.25, 0.3) is 0 Å². The summed E-state index contributed by atoms with van der Waals surface area (Å²) in [5.41, 5.74) is -0.583. The van der Waals surface area contributed by atoms with E-state index in [4.69, 9.17) is 5.11 Å². The first-order valence-electron chi connectivity index (χ1n) is 2.18. The normalized spacial score (nSPS) is 9.88. The molecule has 0 aromatic heterocycles. The first kappa shape index (κ1) is 11.5. The van der Waals surface area contributed by atoms with Crippen molar-refractivity contribution in [1.82, 2.24) is 0 Å². The third kappa shape index (κ3) is 4.85. The minimum atomic E-state index is -0.757. The molecule has 0 rings (SSSR count). The minimum Gasteiger partial charge on any atom is -0.481 e. The minimum absolute atomic E-state index is 0. The van der Waals surface area contributed by atoms with Gasteiger partial charge >= 0.3 is 5.97 Å². The molecule has 2 nitrogen and oxygen atoms in total. The van der Waals surface area contributed by atoms with E-state index in [1.165, 1.54) is 0 Å². The maximum Gasteiger partial charge on any atom is 0.308 e. The molecule has 3 heteroatoms. The van der Waals surface area contributed by atoms with Crippen LogP contribution in [0.25, 0.3) is 0 Å². The summed E-state index contributed by atoms with van der Waals surface area (Å²) in [6.45, 7) is 4.99. The van der Waals surface area contributed by atoms with Crippen molar-refractivity contribution in [1.29, 1.82) is 0 Å². The van der Waals surface area contributed by atoms with Crippen LogP contribution in [-0.4, -0.2) is 11.1 Å². The summed E-state index contributed by atoms with van der Waals surface area (Å²) >= 11 is 0. The molecule has 0 saturated carbocycles. The number of rotatable bonds is 0. The van der Waals surface area contributed by atoms with E-state index in [1.807, 2.05) is 0 Å². The molecular weight excluding hydrogens is 267 g/mol. The zero-order chi connectivity index (χ0) is 6.08. The van der Waals surface area contributed by atoms with Gasteiger partial charge in [-0.1, -0.05) is 0 Å². The monoisotopic (exact) mass is 277 g/mol. The van der Waals surface area contributed by atoms with E-state index in [0.717, 1.165) is 0 Å².